The Morgan fingerprint density at radius 1 is 0.964 bits per heavy atom. The molecule has 2 saturated heterocycles. The van der Waals surface area contributed by atoms with Gasteiger partial charge in [0.15, 0.2) is 34.5 Å². The third kappa shape index (κ3) is 6.29. The van der Waals surface area contributed by atoms with Gasteiger partial charge in [0.25, 0.3) is 22.8 Å². The summed E-state index contributed by atoms with van der Waals surface area (Å²) in [6.07, 6.45) is -9.95. The summed E-state index contributed by atoms with van der Waals surface area (Å²) in [6.45, 7) is 3.93. The molecule has 4 aromatic heterocycles. The number of aliphatic hydroxyl groups excluding tert-OH is 5. The summed E-state index contributed by atoms with van der Waals surface area (Å²) in [5.74, 6) is -6.39. The molecule has 0 saturated carbocycles. The van der Waals surface area contributed by atoms with E-state index in [0.29, 0.717) is 12.1 Å². The van der Waals surface area contributed by atoms with Crippen LogP contribution in [0, 0.1) is 5.92 Å². The van der Waals surface area contributed by atoms with Crippen LogP contribution < -0.4 is 22.2 Å². The molecule has 2 aliphatic rings. The minimum absolute atomic E-state index is 0.00208. The number of carbonyl (C=O) groups is 1. The topological polar surface area (TPSA) is 336 Å². The number of H-pyrrole nitrogens is 2. The third-order valence-electron chi connectivity index (χ3n) is 9.11. The van der Waals surface area contributed by atoms with Crippen LogP contribution in [0.25, 0.3) is 33.7 Å². The van der Waals surface area contributed by atoms with Crippen molar-refractivity contribution in [3.63, 3.8) is 0 Å². The number of ether oxygens (including phenoxy) is 3. The molecule has 0 unspecified atom stereocenters. The molecule has 7 rings (SSSR count). The minimum Gasteiger partial charge on any atom is -0.463 e. The van der Waals surface area contributed by atoms with Crippen LogP contribution >= 0.6 is 0 Å². The highest BCUT2D eigenvalue weighted by atomic mass is 16.6. The number of aliphatic hydroxyl groups is 5. The molecule has 292 valence electrons. The number of nitrogens with one attached hydrogen (secondary N) is 3. The molecule has 8 atom stereocenters. The lowest BCUT2D eigenvalue weighted by molar-refractivity contribution is -0.174. The average molecular weight is 767 g/mol. The molecule has 6 heterocycles. The first kappa shape index (κ1) is 37.6. The van der Waals surface area contributed by atoms with Crippen molar-refractivity contribution < 1.29 is 44.5 Å². The van der Waals surface area contributed by atoms with E-state index < -0.39 is 78.6 Å². The van der Waals surface area contributed by atoms with E-state index >= 15 is 0 Å². The van der Waals surface area contributed by atoms with Crippen LogP contribution in [-0.2, 0) is 30.7 Å². The molecule has 0 radical (unpaired) electrons. The first-order chi connectivity index (χ1) is 26.2. The summed E-state index contributed by atoms with van der Waals surface area (Å²) >= 11 is 0. The predicted molar refractivity (Wildman–Crippen MR) is 188 cm³/mol. The number of esters is 1. The molecule has 0 aliphatic carbocycles. The number of hydrogen-bond donors (Lipinski definition) is 9. The second kappa shape index (κ2) is 14.2. The van der Waals surface area contributed by atoms with Gasteiger partial charge >= 0.3 is 5.97 Å². The van der Waals surface area contributed by atoms with Crippen LogP contribution in [0.2, 0.25) is 0 Å². The highest BCUT2D eigenvalue weighted by Crippen LogP contribution is 2.45. The van der Waals surface area contributed by atoms with E-state index in [-0.39, 0.29) is 46.0 Å². The van der Waals surface area contributed by atoms with Gasteiger partial charge in [-0.25, -0.2) is 9.97 Å². The van der Waals surface area contributed by atoms with Crippen molar-refractivity contribution in [1.29, 1.82) is 0 Å². The van der Waals surface area contributed by atoms with Crippen molar-refractivity contribution in [2.75, 3.05) is 30.8 Å². The number of nitrogen functional groups attached to an aromatic ring is 1. The fraction of sp³-hybridized carbons (Fsp3) is 0.469. The van der Waals surface area contributed by atoms with Crippen molar-refractivity contribution in [3.05, 3.63) is 57.4 Å². The average Bonchev–Trinajstić information content (AvgIpc) is 3.88. The Morgan fingerprint density at radius 3 is 2.29 bits per heavy atom. The first-order valence-electron chi connectivity index (χ1n) is 17.0. The first-order valence-corrected chi connectivity index (χ1v) is 17.0. The number of nitrogens with two attached hydrogens (primary N) is 1. The van der Waals surface area contributed by atoms with E-state index in [9.17, 15) is 39.9 Å². The van der Waals surface area contributed by atoms with Crippen molar-refractivity contribution in [2.24, 2.45) is 16.1 Å². The van der Waals surface area contributed by atoms with Gasteiger partial charge in [-0.05, 0) is 5.92 Å². The number of azo groups is 1. The largest absolute Gasteiger partial charge is 0.463 e. The van der Waals surface area contributed by atoms with E-state index in [0.717, 1.165) is 22.4 Å². The Morgan fingerprint density at radius 2 is 1.62 bits per heavy atom. The standard InChI is InChI=1S/C32H38N12O11/c1-13(2)9-34-30-38-26-19(28(52)40-30)36-24(15-7-5-4-6-8-15)44(26)32(23(50)21(48)17(55-32)11-53-14(3)46)42-41-31(22(49)20(47)16(10-45)54-31)43-12-35-18-25(43)37-29(33)39-27(18)51/h4-8,12-13,16-17,20-23,45,47-50H,9-11H2,1-3H3,(H3,33,37,39,51)(H2,34,38,40,52)/t16-,17-,20-,21-,22-,23-,31+,32+/m1/s1. The third-order valence-corrected chi connectivity index (χ3v) is 9.11. The molecular weight excluding hydrogens is 728 g/mol. The lowest BCUT2D eigenvalue weighted by Gasteiger charge is -2.33. The summed E-state index contributed by atoms with van der Waals surface area (Å²) < 4.78 is 19.5. The molecule has 2 aliphatic heterocycles. The summed E-state index contributed by atoms with van der Waals surface area (Å²) in [7, 11) is 0. The van der Waals surface area contributed by atoms with Gasteiger partial charge in [0.2, 0.25) is 11.9 Å². The van der Waals surface area contributed by atoms with Gasteiger partial charge < -0.3 is 50.8 Å². The SMILES string of the molecule is CC(=O)OC[C@H]1O[C@@](N=N[C@@]2(n3cnc4c(=O)[nH]c(N)nc43)O[C@H](CO)[C@@H](O)[C@H]2O)(n2c(-c3ccccc3)nc3c(=O)[nH]c(NCC(C)C)nc32)[C@H](O)[C@@H]1O. The Kier molecular flexibility index (Phi) is 9.70. The molecular formula is C32H38N12O11. The monoisotopic (exact) mass is 766 g/mol. The van der Waals surface area contributed by atoms with Gasteiger partial charge in [-0.1, -0.05) is 44.2 Å². The van der Waals surface area contributed by atoms with Crippen LogP contribution in [0.4, 0.5) is 11.9 Å². The van der Waals surface area contributed by atoms with Gasteiger partial charge in [-0.15, -0.1) is 10.2 Å². The number of nitrogens with zero attached hydrogens (tertiary/aromatic N) is 8. The van der Waals surface area contributed by atoms with Gasteiger partial charge in [-0.2, -0.15) is 9.97 Å². The summed E-state index contributed by atoms with van der Waals surface area (Å²) in [5.41, 5.74) is 3.63. The maximum absolute atomic E-state index is 13.6. The van der Waals surface area contributed by atoms with Crippen LogP contribution in [0.15, 0.2) is 56.5 Å². The van der Waals surface area contributed by atoms with Gasteiger partial charge in [0.05, 0.1) is 6.61 Å². The number of rotatable bonds is 11. The number of fused-ring (bicyclic) bond motifs is 2. The van der Waals surface area contributed by atoms with E-state index in [2.05, 4.69) is 45.4 Å². The molecule has 23 heteroatoms. The maximum atomic E-state index is 13.6. The smallest absolute Gasteiger partial charge is 0.302 e. The second-order valence-corrected chi connectivity index (χ2v) is 13.4. The molecule has 10 N–H and O–H groups in total. The van der Waals surface area contributed by atoms with Gasteiger partial charge in [0, 0.05) is 19.0 Å². The Bertz CT molecular complexity index is 2380. The maximum Gasteiger partial charge on any atom is 0.302 e. The highest BCUT2D eigenvalue weighted by Gasteiger charge is 2.62. The van der Waals surface area contributed by atoms with Crippen molar-refractivity contribution >= 4 is 40.2 Å². The van der Waals surface area contributed by atoms with Gasteiger partial charge in [-0.3, -0.25) is 33.5 Å². The predicted octanol–water partition coefficient (Wildman–Crippen LogP) is -1.96. The fourth-order valence-corrected chi connectivity index (χ4v) is 6.44. The van der Waals surface area contributed by atoms with E-state index in [4.69, 9.17) is 19.9 Å². The molecule has 55 heavy (non-hydrogen) atoms. The number of imidazole rings is 2. The number of anilines is 2. The van der Waals surface area contributed by atoms with Crippen molar-refractivity contribution in [1.82, 2.24) is 39.0 Å². The minimum atomic E-state index is -2.70. The van der Waals surface area contributed by atoms with E-state index in [1.54, 1.807) is 30.3 Å². The normalized spacial score (nSPS) is 28.2. The molecule has 0 bridgehead atoms. The van der Waals surface area contributed by atoms with Crippen molar-refractivity contribution in [2.45, 2.75) is 69.1 Å². The lowest BCUT2D eigenvalue weighted by atomic mass is 10.1. The Labute approximate surface area is 308 Å². The van der Waals surface area contributed by atoms with Crippen LogP contribution in [0.1, 0.15) is 20.8 Å². The Hall–Kier alpha value is -5.69. The molecule has 23 nitrogen and oxygen atoms in total. The summed E-state index contributed by atoms with van der Waals surface area (Å²) in [6, 6.07) is 8.31. The van der Waals surface area contributed by atoms with Crippen molar-refractivity contribution in [3.8, 4) is 11.4 Å². The number of aromatic amines is 2. The number of aromatic nitrogens is 8. The number of hydrogen-bond acceptors (Lipinski definition) is 19. The lowest BCUT2D eigenvalue weighted by Crippen LogP contribution is -2.47. The van der Waals surface area contributed by atoms with Crippen LogP contribution in [0.3, 0.4) is 0 Å². The zero-order chi connectivity index (χ0) is 39.4. The van der Waals surface area contributed by atoms with Crippen LogP contribution in [0.5, 0.6) is 0 Å². The molecule has 0 spiro atoms. The summed E-state index contributed by atoms with van der Waals surface area (Å²) in [4.78, 5) is 60.5. The van der Waals surface area contributed by atoms with E-state index in [1.165, 1.54) is 0 Å². The molecule has 1 aromatic carbocycles. The quantitative estimate of drug-likeness (QED) is 0.0520. The van der Waals surface area contributed by atoms with E-state index in [1.807, 2.05) is 13.8 Å². The fourth-order valence-electron chi connectivity index (χ4n) is 6.44. The zero-order valence-electron chi connectivity index (χ0n) is 29.5. The molecule has 5 aromatic rings. The Balaban J connectivity index is 1.54. The number of benzene rings is 1. The highest BCUT2D eigenvalue weighted by molar-refractivity contribution is 5.78. The summed E-state index contributed by atoms with van der Waals surface area (Å²) in [5, 5.41) is 68.1. The zero-order valence-corrected chi connectivity index (χ0v) is 29.5. The molecule has 2 fully saturated rings. The second-order valence-electron chi connectivity index (χ2n) is 13.4. The van der Waals surface area contributed by atoms with Crippen LogP contribution in [-0.4, -0.2) is 127 Å². The van der Waals surface area contributed by atoms with Gasteiger partial charge in [0.1, 0.15) is 43.2 Å². The molecule has 0 amide bonds. The number of carbonyl (C=O) groups excluding carboxylic acids is 1.